The van der Waals surface area contributed by atoms with E-state index in [0.717, 1.165) is 5.69 Å². The van der Waals surface area contributed by atoms with Gasteiger partial charge in [0, 0.05) is 59.4 Å². The average Bonchev–Trinajstić information content (AvgIpc) is 3.10. The second-order valence-corrected chi connectivity index (χ2v) is 11.3. The summed E-state index contributed by atoms with van der Waals surface area (Å²) in [6, 6.07) is 12.6. The van der Waals surface area contributed by atoms with Gasteiger partial charge in [0.1, 0.15) is 16.8 Å². The SMILES string of the molecule is CCOC(=O)C1=C(N)N(c2ccc(N(C)C)cc2)C2=C(C(=O)CC(C)(C)C2)C12C(=O)Nc1ccc(Cl)cc12. The van der Waals surface area contributed by atoms with Gasteiger partial charge >= 0.3 is 5.97 Å². The number of nitrogens with two attached hydrogens (primary N) is 1. The van der Waals surface area contributed by atoms with Gasteiger partial charge in [-0.15, -0.1) is 0 Å². The van der Waals surface area contributed by atoms with Crippen LogP contribution in [0.4, 0.5) is 17.1 Å². The smallest absolute Gasteiger partial charge is 0.339 e. The summed E-state index contributed by atoms with van der Waals surface area (Å²) < 4.78 is 5.47. The normalized spacial score (nSPS) is 21.9. The highest BCUT2D eigenvalue weighted by Crippen LogP contribution is 2.57. The van der Waals surface area contributed by atoms with Gasteiger partial charge in [-0.3, -0.25) is 14.5 Å². The zero-order chi connectivity index (χ0) is 27.6. The minimum absolute atomic E-state index is 0.0493. The van der Waals surface area contributed by atoms with Crippen molar-refractivity contribution in [1.82, 2.24) is 0 Å². The molecule has 9 heteroatoms. The van der Waals surface area contributed by atoms with Gasteiger partial charge in [-0.2, -0.15) is 0 Å². The van der Waals surface area contributed by atoms with Crippen molar-refractivity contribution in [3.63, 3.8) is 0 Å². The summed E-state index contributed by atoms with van der Waals surface area (Å²) in [6.07, 6.45) is 0.672. The maximum Gasteiger partial charge on any atom is 0.339 e. The summed E-state index contributed by atoms with van der Waals surface area (Å²) >= 11 is 6.40. The van der Waals surface area contributed by atoms with Crippen molar-refractivity contribution in [2.24, 2.45) is 11.1 Å². The molecule has 0 fully saturated rings. The van der Waals surface area contributed by atoms with Crippen LogP contribution in [0.15, 0.2) is 65.1 Å². The Morgan fingerprint density at radius 1 is 1.13 bits per heavy atom. The molecule has 0 saturated heterocycles. The highest BCUT2D eigenvalue weighted by molar-refractivity contribution is 6.31. The van der Waals surface area contributed by atoms with Crippen LogP contribution in [0.5, 0.6) is 0 Å². The predicted molar refractivity (Wildman–Crippen MR) is 148 cm³/mol. The third kappa shape index (κ3) is 3.69. The molecule has 1 amide bonds. The Kier molecular flexibility index (Phi) is 6.06. The number of hydrogen-bond donors (Lipinski definition) is 2. The van der Waals surface area contributed by atoms with Gasteiger partial charge in [0.05, 0.1) is 6.61 Å². The van der Waals surface area contributed by atoms with Gasteiger partial charge in [-0.05, 0) is 61.2 Å². The van der Waals surface area contributed by atoms with E-state index in [1.807, 2.05) is 57.1 Å². The maximum absolute atomic E-state index is 14.1. The number of Topliss-reactive ketones (excluding diaryl/α,β-unsaturated/α-hetero) is 1. The van der Waals surface area contributed by atoms with Gasteiger partial charge in [-0.25, -0.2) is 4.79 Å². The molecular formula is C29H31ClN4O4. The summed E-state index contributed by atoms with van der Waals surface area (Å²) in [5.41, 5.74) is 8.00. The van der Waals surface area contributed by atoms with E-state index >= 15 is 0 Å². The number of ether oxygens (including phenoxy) is 1. The third-order valence-corrected chi connectivity index (χ3v) is 7.68. The fourth-order valence-electron chi connectivity index (χ4n) is 5.91. The minimum Gasteiger partial charge on any atom is -0.462 e. The molecule has 2 heterocycles. The Balaban J connectivity index is 1.89. The number of esters is 1. The summed E-state index contributed by atoms with van der Waals surface area (Å²) in [6.45, 7) is 5.77. The Labute approximate surface area is 227 Å². The zero-order valence-electron chi connectivity index (χ0n) is 22.1. The number of benzene rings is 2. The molecule has 5 rings (SSSR count). The van der Waals surface area contributed by atoms with E-state index in [-0.39, 0.29) is 35.8 Å². The number of allylic oxidation sites excluding steroid dienone is 1. The Morgan fingerprint density at radius 2 is 1.82 bits per heavy atom. The van der Waals surface area contributed by atoms with E-state index in [2.05, 4.69) is 5.32 Å². The van der Waals surface area contributed by atoms with Crippen molar-refractivity contribution >= 4 is 46.3 Å². The maximum atomic E-state index is 14.1. The van der Waals surface area contributed by atoms with Crippen LogP contribution in [-0.2, 0) is 24.5 Å². The summed E-state index contributed by atoms with van der Waals surface area (Å²) in [7, 11) is 3.88. The van der Waals surface area contributed by atoms with Crippen LogP contribution in [0.25, 0.3) is 0 Å². The van der Waals surface area contributed by atoms with Crippen molar-refractivity contribution in [2.45, 2.75) is 39.0 Å². The molecule has 198 valence electrons. The Bertz CT molecular complexity index is 1440. The second kappa shape index (κ2) is 8.91. The molecule has 0 aromatic heterocycles. The first-order valence-electron chi connectivity index (χ1n) is 12.6. The Hall–Kier alpha value is -3.78. The third-order valence-electron chi connectivity index (χ3n) is 7.45. The fraction of sp³-hybridized carbons (Fsp3) is 0.345. The number of halogens is 1. The lowest BCUT2D eigenvalue weighted by molar-refractivity contribution is -0.140. The van der Waals surface area contributed by atoms with Gasteiger partial charge in [0.2, 0.25) is 5.91 Å². The molecule has 2 aliphatic heterocycles. The highest BCUT2D eigenvalue weighted by Gasteiger charge is 2.63. The number of rotatable bonds is 4. The van der Waals surface area contributed by atoms with E-state index in [1.54, 1.807) is 30.0 Å². The molecule has 0 radical (unpaired) electrons. The van der Waals surface area contributed by atoms with E-state index in [1.165, 1.54) is 0 Å². The van der Waals surface area contributed by atoms with E-state index in [0.29, 0.717) is 34.1 Å². The number of nitrogens with zero attached hydrogens (tertiary/aromatic N) is 2. The van der Waals surface area contributed by atoms with Crippen LogP contribution in [0.2, 0.25) is 5.02 Å². The second-order valence-electron chi connectivity index (χ2n) is 10.9. The number of anilines is 3. The number of carbonyl (C=O) groups is 3. The van der Waals surface area contributed by atoms with Crippen molar-refractivity contribution < 1.29 is 19.1 Å². The predicted octanol–water partition coefficient (Wildman–Crippen LogP) is 4.49. The molecule has 38 heavy (non-hydrogen) atoms. The molecular weight excluding hydrogens is 504 g/mol. The average molecular weight is 535 g/mol. The molecule has 3 aliphatic rings. The van der Waals surface area contributed by atoms with Crippen molar-refractivity contribution in [2.75, 3.05) is 35.8 Å². The van der Waals surface area contributed by atoms with Crippen LogP contribution in [-0.4, -0.2) is 38.4 Å². The molecule has 3 N–H and O–H groups in total. The minimum atomic E-state index is -1.78. The van der Waals surface area contributed by atoms with Crippen molar-refractivity contribution in [3.8, 4) is 0 Å². The van der Waals surface area contributed by atoms with Crippen molar-refractivity contribution in [3.05, 3.63) is 75.7 Å². The monoisotopic (exact) mass is 534 g/mol. The number of hydrogen-bond acceptors (Lipinski definition) is 7. The molecule has 1 unspecified atom stereocenters. The number of ketones is 1. The van der Waals surface area contributed by atoms with E-state index in [9.17, 15) is 14.4 Å². The van der Waals surface area contributed by atoms with Crippen LogP contribution in [0, 0.1) is 5.41 Å². The Morgan fingerprint density at radius 3 is 2.45 bits per heavy atom. The van der Waals surface area contributed by atoms with E-state index in [4.69, 9.17) is 22.1 Å². The molecule has 1 spiro atoms. The first-order chi connectivity index (χ1) is 17.9. The summed E-state index contributed by atoms with van der Waals surface area (Å²) in [5, 5.41) is 3.25. The lowest BCUT2D eigenvalue weighted by atomic mass is 9.60. The lowest BCUT2D eigenvalue weighted by Gasteiger charge is -2.47. The topological polar surface area (TPSA) is 105 Å². The van der Waals surface area contributed by atoms with E-state index < -0.39 is 22.7 Å². The molecule has 2 aromatic carbocycles. The standard InChI is InChI=1S/C29H31ClN4O4/c1-6-38-26(36)24-25(31)34(18-10-8-17(9-11-18)33(4)5)21-14-28(2,3)15-22(35)23(21)29(24)19-13-16(30)7-12-20(19)32-27(29)37/h7-13H,6,14-15,31H2,1-5H3,(H,32,37). The number of carbonyl (C=O) groups excluding carboxylic acids is 3. The van der Waals surface area contributed by atoms with Crippen LogP contribution < -0.4 is 20.9 Å². The van der Waals surface area contributed by atoms with Crippen LogP contribution >= 0.6 is 11.6 Å². The molecule has 2 aromatic rings. The first kappa shape index (κ1) is 25.9. The molecule has 0 saturated carbocycles. The lowest BCUT2D eigenvalue weighted by Crippen LogP contribution is -2.54. The number of nitrogens with one attached hydrogen (secondary N) is 1. The summed E-state index contributed by atoms with van der Waals surface area (Å²) in [5.74, 6) is -1.45. The molecule has 1 atom stereocenters. The fourth-order valence-corrected chi connectivity index (χ4v) is 6.08. The van der Waals surface area contributed by atoms with Crippen molar-refractivity contribution in [1.29, 1.82) is 0 Å². The number of amides is 1. The van der Waals surface area contributed by atoms with Gasteiger partial charge in [0.25, 0.3) is 0 Å². The molecule has 0 bridgehead atoms. The molecule has 1 aliphatic carbocycles. The summed E-state index contributed by atoms with van der Waals surface area (Å²) in [4.78, 5) is 45.5. The number of fused-ring (bicyclic) bond motifs is 3. The van der Waals surface area contributed by atoms with Gasteiger partial charge in [-0.1, -0.05) is 25.4 Å². The largest absolute Gasteiger partial charge is 0.462 e. The highest BCUT2D eigenvalue weighted by atomic mass is 35.5. The first-order valence-corrected chi connectivity index (χ1v) is 12.9. The molecule has 8 nitrogen and oxygen atoms in total. The van der Waals surface area contributed by atoms with Gasteiger partial charge < -0.3 is 20.7 Å². The zero-order valence-corrected chi connectivity index (χ0v) is 22.9. The quantitative estimate of drug-likeness (QED) is 0.557. The van der Waals surface area contributed by atoms with Crippen LogP contribution in [0.3, 0.4) is 0 Å². The van der Waals surface area contributed by atoms with Gasteiger partial charge in [0.15, 0.2) is 5.78 Å². The van der Waals surface area contributed by atoms with Crippen LogP contribution in [0.1, 0.15) is 39.2 Å².